The van der Waals surface area contributed by atoms with Crippen molar-refractivity contribution in [3.8, 4) is 0 Å². The fraction of sp³-hybridized carbons (Fsp3) is 0.450. The molecular weight excluding hydrogens is 362 g/mol. The van der Waals surface area contributed by atoms with Crippen LogP contribution in [0, 0.1) is 11.1 Å². The Morgan fingerprint density at radius 2 is 1.71 bits per heavy atom. The molecule has 0 bridgehead atoms. The normalized spacial score (nSPS) is 18.7. The van der Waals surface area contributed by atoms with E-state index in [-0.39, 0.29) is 43.6 Å². The number of quaternary nitrogens is 1. The molecule has 8 heteroatoms. The van der Waals surface area contributed by atoms with Gasteiger partial charge in [-0.2, -0.15) is 0 Å². The third-order valence-corrected chi connectivity index (χ3v) is 4.68. The molecule has 0 radical (unpaired) electrons. The number of nitrogens with zero attached hydrogens (tertiary/aromatic N) is 2. The molecule has 3 N–H and O–H groups in total. The first kappa shape index (κ1) is 21.9. The van der Waals surface area contributed by atoms with Gasteiger partial charge in [-0.25, -0.2) is 4.99 Å². The van der Waals surface area contributed by atoms with Gasteiger partial charge in [0.05, 0.1) is 31.4 Å². The van der Waals surface area contributed by atoms with E-state index < -0.39 is 10.6 Å². The summed E-state index contributed by atoms with van der Waals surface area (Å²) >= 11 is 0. The molecule has 28 heavy (non-hydrogen) atoms. The van der Waals surface area contributed by atoms with Crippen LogP contribution >= 0.6 is 0 Å². The second-order valence-corrected chi connectivity index (χ2v) is 6.82. The monoisotopic (exact) mass is 389 g/mol. The molecule has 1 unspecified atom stereocenters. The highest BCUT2D eigenvalue weighted by molar-refractivity contribution is 6.50. The summed E-state index contributed by atoms with van der Waals surface area (Å²) in [6, 6.07) is 7.18. The lowest BCUT2D eigenvalue weighted by molar-refractivity contribution is -0.881. The van der Waals surface area contributed by atoms with Crippen molar-refractivity contribution < 1.29 is 24.4 Å². The van der Waals surface area contributed by atoms with Gasteiger partial charge in [0.15, 0.2) is 11.6 Å². The number of carbonyl (C=O) groups is 2. The van der Waals surface area contributed by atoms with Crippen LogP contribution in [-0.2, 0) is 9.59 Å². The van der Waals surface area contributed by atoms with Gasteiger partial charge in [-0.3, -0.25) is 9.59 Å². The Labute approximate surface area is 164 Å². The molecule has 0 saturated carbocycles. The first-order valence-electron chi connectivity index (χ1n) is 9.36. The number of allylic oxidation sites excluding steroid dienone is 2. The van der Waals surface area contributed by atoms with E-state index in [2.05, 4.69) is 10.3 Å². The first-order valence-corrected chi connectivity index (χ1v) is 9.36. The topological polar surface area (TPSA) is 122 Å². The van der Waals surface area contributed by atoms with E-state index in [1.54, 1.807) is 19.1 Å². The maximum Gasteiger partial charge on any atom is 0.191 e. The molecule has 0 amide bonds. The number of rotatable bonds is 10. The zero-order valence-corrected chi connectivity index (χ0v) is 16.0. The zero-order chi connectivity index (χ0) is 20.6. The highest BCUT2D eigenvalue weighted by atomic mass is 16.5. The third-order valence-electron chi connectivity index (χ3n) is 4.68. The van der Waals surface area contributed by atoms with E-state index in [4.69, 9.17) is 10.2 Å². The molecule has 0 aliphatic heterocycles. The summed E-state index contributed by atoms with van der Waals surface area (Å²) in [5.74, 6) is -1.17. The molecule has 1 aliphatic carbocycles. The average Bonchev–Trinajstić information content (AvgIpc) is 2.67. The fourth-order valence-corrected chi connectivity index (χ4v) is 2.92. The molecule has 0 aromatic heterocycles. The second kappa shape index (κ2) is 10.2. The van der Waals surface area contributed by atoms with Crippen molar-refractivity contribution >= 4 is 28.7 Å². The largest absolute Gasteiger partial charge is 0.633 e. The molecule has 2 rings (SSSR count). The van der Waals surface area contributed by atoms with Crippen molar-refractivity contribution in [2.75, 3.05) is 44.7 Å². The summed E-state index contributed by atoms with van der Waals surface area (Å²) in [6.45, 7) is 2.21. The lowest BCUT2D eigenvalue weighted by atomic mass is 9.92. The molecule has 152 valence electrons. The SMILES string of the molecule is CC1C(=O)C=CC(=Nc2ccc(NCCC[N+]([O-])(CCO)CCO)cc2)C1=O. The minimum absolute atomic E-state index is 0.0764. The van der Waals surface area contributed by atoms with Crippen molar-refractivity contribution in [3.05, 3.63) is 41.6 Å². The number of aliphatic hydroxyl groups excluding tert-OH is 2. The third kappa shape index (κ3) is 6.07. The predicted molar refractivity (Wildman–Crippen MR) is 107 cm³/mol. The molecule has 1 aromatic carbocycles. The van der Waals surface area contributed by atoms with Crippen LogP contribution in [0.15, 0.2) is 41.4 Å². The number of hydrogen-bond acceptors (Lipinski definition) is 7. The minimum Gasteiger partial charge on any atom is -0.633 e. The number of aliphatic imine (C=N–C) groups is 1. The van der Waals surface area contributed by atoms with E-state index >= 15 is 0 Å². The average molecular weight is 389 g/mol. The Bertz CT molecular complexity index is 737. The smallest absolute Gasteiger partial charge is 0.191 e. The molecular formula is C20H27N3O5. The molecule has 8 nitrogen and oxygen atoms in total. The van der Waals surface area contributed by atoms with Crippen molar-refractivity contribution in [2.45, 2.75) is 13.3 Å². The Balaban J connectivity index is 1.88. The summed E-state index contributed by atoms with van der Waals surface area (Å²) in [4.78, 5) is 27.9. The number of hydroxylamine groups is 3. The van der Waals surface area contributed by atoms with E-state index in [9.17, 15) is 14.8 Å². The van der Waals surface area contributed by atoms with Crippen molar-refractivity contribution in [1.82, 2.24) is 0 Å². The van der Waals surface area contributed by atoms with Gasteiger partial charge in [0.1, 0.15) is 18.8 Å². The molecule has 0 heterocycles. The minimum atomic E-state index is -0.687. The van der Waals surface area contributed by atoms with Crippen LogP contribution in [-0.4, -0.2) is 71.5 Å². The van der Waals surface area contributed by atoms with Gasteiger partial charge in [-0.1, -0.05) is 0 Å². The maximum absolute atomic E-state index is 12.3. The highest BCUT2D eigenvalue weighted by Gasteiger charge is 2.26. The number of hydrogen-bond donors (Lipinski definition) is 3. The summed E-state index contributed by atoms with van der Waals surface area (Å²) in [7, 11) is 0. The number of anilines is 1. The molecule has 1 atom stereocenters. The summed E-state index contributed by atoms with van der Waals surface area (Å²) in [5, 5.41) is 33.5. The summed E-state index contributed by atoms with van der Waals surface area (Å²) < 4.78 is -0.604. The fourth-order valence-electron chi connectivity index (χ4n) is 2.92. The number of aliphatic hydroxyl groups is 2. The van der Waals surface area contributed by atoms with Crippen LogP contribution in [0.5, 0.6) is 0 Å². The molecule has 0 saturated heterocycles. The Kier molecular flexibility index (Phi) is 8.01. The number of benzene rings is 1. The number of carbonyl (C=O) groups excluding carboxylic acids is 2. The Morgan fingerprint density at radius 1 is 1.07 bits per heavy atom. The zero-order valence-electron chi connectivity index (χ0n) is 16.0. The lowest BCUT2D eigenvalue weighted by Gasteiger charge is -2.42. The van der Waals surface area contributed by atoms with Gasteiger partial charge >= 0.3 is 0 Å². The standard InChI is InChI=1S/C20H27N3O5/c1-15-19(26)8-7-18(20(15)27)22-17-5-3-16(4-6-17)21-9-2-10-23(28,11-13-24)12-14-25/h3-8,15,21,24-25H,2,9-14H2,1H3. The van der Waals surface area contributed by atoms with Crippen LogP contribution in [0.4, 0.5) is 11.4 Å². The van der Waals surface area contributed by atoms with E-state index in [1.165, 1.54) is 12.2 Å². The summed E-state index contributed by atoms with van der Waals surface area (Å²) in [5.41, 5.74) is 1.73. The van der Waals surface area contributed by atoms with E-state index in [1.807, 2.05) is 12.1 Å². The first-order chi connectivity index (χ1) is 13.4. The van der Waals surface area contributed by atoms with E-state index in [0.717, 1.165) is 5.69 Å². The Hall–Kier alpha value is -2.39. The van der Waals surface area contributed by atoms with Crippen LogP contribution in [0.1, 0.15) is 13.3 Å². The van der Waals surface area contributed by atoms with Gasteiger partial charge < -0.3 is 25.4 Å². The molecule has 1 aromatic rings. The van der Waals surface area contributed by atoms with Gasteiger partial charge in [0.2, 0.25) is 0 Å². The quantitative estimate of drug-likeness (QED) is 0.239. The van der Waals surface area contributed by atoms with Crippen LogP contribution in [0.3, 0.4) is 0 Å². The van der Waals surface area contributed by atoms with Crippen molar-refractivity contribution in [2.24, 2.45) is 10.9 Å². The van der Waals surface area contributed by atoms with Crippen molar-refractivity contribution in [3.63, 3.8) is 0 Å². The molecule has 1 aliphatic rings. The predicted octanol–water partition coefficient (Wildman–Crippen LogP) is 1.20. The highest BCUT2D eigenvalue weighted by Crippen LogP contribution is 2.19. The summed E-state index contributed by atoms with van der Waals surface area (Å²) in [6.07, 6.45) is 3.42. The molecule has 0 spiro atoms. The van der Waals surface area contributed by atoms with Crippen LogP contribution < -0.4 is 5.32 Å². The number of Topliss-reactive ketones (excluding diaryl/α,β-unsaturated/α-hetero) is 1. The van der Waals surface area contributed by atoms with Gasteiger partial charge in [0, 0.05) is 18.7 Å². The maximum atomic E-state index is 12.3. The Morgan fingerprint density at radius 3 is 2.32 bits per heavy atom. The number of ketones is 2. The van der Waals surface area contributed by atoms with Gasteiger partial charge in [0.25, 0.3) is 0 Å². The van der Waals surface area contributed by atoms with Gasteiger partial charge in [-0.05, 0) is 43.3 Å². The van der Waals surface area contributed by atoms with Crippen LogP contribution in [0.25, 0.3) is 0 Å². The van der Waals surface area contributed by atoms with Gasteiger partial charge in [-0.15, -0.1) is 0 Å². The number of nitrogens with one attached hydrogen (secondary N) is 1. The van der Waals surface area contributed by atoms with E-state index in [0.29, 0.717) is 25.2 Å². The lowest BCUT2D eigenvalue weighted by Crippen LogP contribution is -2.47. The van der Waals surface area contributed by atoms with Crippen LogP contribution in [0.2, 0.25) is 0 Å². The molecule has 0 fully saturated rings. The second-order valence-electron chi connectivity index (χ2n) is 6.82. The van der Waals surface area contributed by atoms with Crippen molar-refractivity contribution in [1.29, 1.82) is 0 Å².